The number of ether oxygens (including phenoxy) is 2. The Morgan fingerprint density at radius 1 is 0.750 bits per heavy atom. The molecule has 32 heavy (non-hydrogen) atoms. The number of nitrogens with one attached hydrogen (secondary N) is 2. The summed E-state index contributed by atoms with van der Waals surface area (Å²) in [6.07, 6.45) is 0.0456. The molecular formula is C25H24N2O5. The summed E-state index contributed by atoms with van der Waals surface area (Å²) in [5.74, 6) is 0.625. The van der Waals surface area contributed by atoms with Gasteiger partial charge in [-0.2, -0.15) is 0 Å². The maximum absolute atomic E-state index is 12.5. The number of rotatable bonds is 8. The van der Waals surface area contributed by atoms with Crippen molar-refractivity contribution in [2.24, 2.45) is 0 Å². The molecule has 3 aromatic rings. The lowest BCUT2D eigenvalue weighted by Gasteiger charge is -2.11. The molecule has 0 aliphatic rings. The van der Waals surface area contributed by atoms with Crippen molar-refractivity contribution in [2.45, 2.75) is 13.3 Å². The molecule has 0 unspecified atom stereocenters. The molecule has 3 aromatic carbocycles. The van der Waals surface area contributed by atoms with E-state index in [2.05, 4.69) is 10.6 Å². The minimum atomic E-state index is -0.265. The molecule has 164 valence electrons. The van der Waals surface area contributed by atoms with Gasteiger partial charge in [-0.1, -0.05) is 0 Å². The number of carbonyl (C=O) groups excluding carboxylic acids is 3. The molecule has 2 N–H and O–H groups in total. The number of hydrogen-bond donors (Lipinski definition) is 2. The fraction of sp³-hybridized carbons (Fsp3) is 0.160. The third kappa shape index (κ3) is 5.72. The van der Waals surface area contributed by atoms with Crippen molar-refractivity contribution in [1.29, 1.82) is 0 Å². The van der Waals surface area contributed by atoms with Crippen LogP contribution in [0.4, 0.5) is 11.4 Å². The third-order valence-corrected chi connectivity index (χ3v) is 4.82. The number of hydrogen-bond acceptors (Lipinski definition) is 5. The number of benzene rings is 3. The van der Waals surface area contributed by atoms with E-state index in [0.29, 0.717) is 39.6 Å². The molecular weight excluding hydrogens is 408 g/mol. The van der Waals surface area contributed by atoms with Gasteiger partial charge < -0.3 is 20.1 Å². The van der Waals surface area contributed by atoms with Crippen LogP contribution in [-0.4, -0.2) is 31.8 Å². The van der Waals surface area contributed by atoms with Gasteiger partial charge in [0.1, 0.15) is 11.5 Å². The highest BCUT2D eigenvalue weighted by atomic mass is 16.5. The predicted octanol–water partition coefficient (Wildman–Crippen LogP) is 4.34. The normalized spacial score (nSPS) is 10.2. The molecule has 2 amide bonds. The summed E-state index contributed by atoms with van der Waals surface area (Å²) in [7, 11) is 3.09. The largest absolute Gasteiger partial charge is 0.497 e. The first-order valence-corrected chi connectivity index (χ1v) is 9.92. The van der Waals surface area contributed by atoms with Crippen molar-refractivity contribution < 1.29 is 23.9 Å². The zero-order valence-corrected chi connectivity index (χ0v) is 18.1. The molecule has 0 fully saturated rings. The van der Waals surface area contributed by atoms with E-state index in [1.165, 1.54) is 14.0 Å². The van der Waals surface area contributed by atoms with Crippen LogP contribution in [0.3, 0.4) is 0 Å². The lowest BCUT2D eigenvalue weighted by molar-refractivity contribution is -0.115. The molecule has 0 bridgehead atoms. The first kappa shape index (κ1) is 22.6. The molecule has 0 aromatic heterocycles. The van der Waals surface area contributed by atoms with Gasteiger partial charge in [0.2, 0.25) is 5.91 Å². The van der Waals surface area contributed by atoms with Gasteiger partial charge >= 0.3 is 0 Å². The average molecular weight is 432 g/mol. The Balaban J connectivity index is 1.62. The van der Waals surface area contributed by atoms with Gasteiger partial charge in [0, 0.05) is 28.1 Å². The Hall–Kier alpha value is -4.13. The number of amides is 2. The minimum absolute atomic E-state index is 0.0456. The number of Topliss-reactive ketones (excluding diaryl/α,β-unsaturated/α-hetero) is 1. The second kappa shape index (κ2) is 10.3. The van der Waals surface area contributed by atoms with E-state index in [4.69, 9.17) is 9.47 Å². The summed E-state index contributed by atoms with van der Waals surface area (Å²) in [6, 6.07) is 18.6. The van der Waals surface area contributed by atoms with E-state index < -0.39 is 0 Å². The summed E-state index contributed by atoms with van der Waals surface area (Å²) in [4.78, 5) is 36.6. The molecule has 0 saturated heterocycles. The molecule has 0 spiro atoms. The van der Waals surface area contributed by atoms with Crippen LogP contribution in [0.5, 0.6) is 11.5 Å². The molecule has 7 heteroatoms. The molecule has 0 saturated carbocycles. The molecule has 0 heterocycles. The van der Waals surface area contributed by atoms with Crippen molar-refractivity contribution >= 4 is 29.0 Å². The molecule has 3 rings (SSSR count). The Bertz CT molecular complexity index is 1120. The van der Waals surface area contributed by atoms with E-state index >= 15 is 0 Å². The van der Waals surface area contributed by atoms with Crippen molar-refractivity contribution in [3.8, 4) is 11.5 Å². The second-order valence-corrected chi connectivity index (χ2v) is 7.07. The van der Waals surface area contributed by atoms with Gasteiger partial charge in [0.15, 0.2) is 5.78 Å². The smallest absolute Gasteiger partial charge is 0.255 e. The zero-order valence-electron chi connectivity index (χ0n) is 18.1. The minimum Gasteiger partial charge on any atom is -0.497 e. The SMILES string of the molecule is COc1ccc(NC(=O)c2ccc(NC(=O)Cc3cc(C(C)=O)ccc3OC)cc2)cc1. The number of carbonyl (C=O) groups is 3. The fourth-order valence-corrected chi connectivity index (χ4v) is 3.10. The first-order chi connectivity index (χ1) is 15.4. The molecule has 0 aliphatic carbocycles. The van der Waals surface area contributed by atoms with E-state index in [0.717, 1.165) is 0 Å². The Morgan fingerprint density at radius 3 is 1.94 bits per heavy atom. The number of anilines is 2. The highest BCUT2D eigenvalue weighted by molar-refractivity contribution is 6.04. The van der Waals surface area contributed by atoms with Gasteiger partial charge in [-0.15, -0.1) is 0 Å². The molecule has 7 nitrogen and oxygen atoms in total. The van der Waals surface area contributed by atoms with Gasteiger partial charge in [-0.3, -0.25) is 14.4 Å². The maximum Gasteiger partial charge on any atom is 0.255 e. The van der Waals surface area contributed by atoms with Crippen molar-refractivity contribution in [3.05, 3.63) is 83.4 Å². The Kier molecular flexibility index (Phi) is 7.23. The standard InChI is InChI=1S/C25H24N2O5/c1-16(28)18-6-13-23(32-3)19(14-18)15-24(29)26-20-7-4-17(5-8-20)25(30)27-21-9-11-22(31-2)12-10-21/h4-14H,15H2,1-3H3,(H,26,29)(H,27,30). The summed E-state index contributed by atoms with van der Waals surface area (Å²) >= 11 is 0. The first-order valence-electron chi connectivity index (χ1n) is 9.92. The van der Waals surface area contributed by atoms with E-state index in [-0.39, 0.29) is 24.0 Å². The highest BCUT2D eigenvalue weighted by Crippen LogP contribution is 2.22. The van der Waals surface area contributed by atoms with E-state index in [9.17, 15) is 14.4 Å². The Labute approximate surface area is 186 Å². The van der Waals surface area contributed by atoms with Crippen LogP contribution in [0.15, 0.2) is 66.7 Å². The van der Waals surface area contributed by atoms with Gasteiger partial charge in [0.05, 0.1) is 20.6 Å². The van der Waals surface area contributed by atoms with E-state index in [1.54, 1.807) is 73.8 Å². The summed E-state index contributed by atoms with van der Waals surface area (Å²) < 4.78 is 10.4. The molecule has 0 radical (unpaired) electrons. The topological polar surface area (TPSA) is 93.7 Å². The monoisotopic (exact) mass is 432 g/mol. The van der Waals surface area contributed by atoms with Crippen LogP contribution < -0.4 is 20.1 Å². The van der Waals surface area contributed by atoms with Gasteiger partial charge in [-0.05, 0) is 73.7 Å². The Morgan fingerprint density at radius 2 is 1.34 bits per heavy atom. The molecule has 0 atom stereocenters. The van der Waals surface area contributed by atoms with Crippen LogP contribution in [0.25, 0.3) is 0 Å². The van der Waals surface area contributed by atoms with E-state index in [1.807, 2.05) is 0 Å². The van der Waals surface area contributed by atoms with Crippen LogP contribution in [-0.2, 0) is 11.2 Å². The van der Waals surface area contributed by atoms with Crippen LogP contribution in [0, 0.1) is 0 Å². The lowest BCUT2D eigenvalue weighted by Crippen LogP contribution is -2.16. The number of ketones is 1. The predicted molar refractivity (Wildman–Crippen MR) is 123 cm³/mol. The average Bonchev–Trinajstić information content (AvgIpc) is 2.79. The lowest BCUT2D eigenvalue weighted by atomic mass is 10.0. The van der Waals surface area contributed by atoms with Gasteiger partial charge in [0.25, 0.3) is 5.91 Å². The van der Waals surface area contributed by atoms with Crippen LogP contribution in [0.2, 0.25) is 0 Å². The van der Waals surface area contributed by atoms with Crippen LogP contribution >= 0.6 is 0 Å². The molecule has 0 aliphatic heterocycles. The van der Waals surface area contributed by atoms with Crippen molar-refractivity contribution in [3.63, 3.8) is 0 Å². The second-order valence-electron chi connectivity index (χ2n) is 7.07. The van der Waals surface area contributed by atoms with Gasteiger partial charge in [-0.25, -0.2) is 0 Å². The fourth-order valence-electron chi connectivity index (χ4n) is 3.10. The maximum atomic E-state index is 12.5. The highest BCUT2D eigenvalue weighted by Gasteiger charge is 2.12. The summed E-state index contributed by atoms with van der Waals surface area (Å²) in [6.45, 7) is 1.47. The third-order valence-electron chi connectivity index (χ3n) is 4.82. The summed E-state index contributed by atoms with van der Waals surface area (Å²) in [5, 5.41) is 5.60. The van der Waals surface area contributed by atoms with Crippen molar-refractivity contribution in [1.82, 2.24) is 0 Å². The zero-order chi connectivity index (χ0) is 23.1. The van der Waals surface area contributed by atoms with Crippen molar-refractivity contribution in [2.75, 3.05) is 24.9 Å². The number of methoxy groups -OCH3 is 2. The van der Waals surface area contributed by atoms with Crippen LogP contribution in [0.1, 0.15) is 33.2 Å². The quantitative estimate of drug-likeness (QED) is 0.517. The summed E-state index contributed by atoms with van der Waals surface area (Å²) in [5.41, 5.74) is 2.79.